The Labute approximate surface area is 168 Å². The minimum atomic E-state index is -0.788. The Bertz CT molecular complexity index is 950. The Morgan fingerprint density at radius 2 is 2.00 bits per heavy atom. The lowest BCUT2D eigenvalue weighted by atomic mass is 9.81. The Morgan fingerprint density at radius 1 is 1.24 bits per heavy atom. The molecular formula is C20H23N5O4. The van der Waals surface area contributed by atoms with Crippen LogP contribution in [0.15, 0.2) is 29.0 Å². The summed E-state index contributed by atoms with van der Waals surface area (Å²) in [5, 5.41) is 10.3. The van der Waals surface area contributed by atoms with Gasteiger partial charge in [-0.15, -0.1) is 10.2 Å². The van der Waals surface area contributed by atoms with Crippen LogP contribution in [0.3, 0.4) is 0 Å². The van der Waals surface area contributed by atoms with Gasteiger partial charge in [-0.2, -0.15) is 0 Å². The van der Waals surface area contributed by atoms with Gasteiger partial charge in [0.05, 0.1) is 0 Å². The molecule has 2 heterocycles. The third-order valence-corrected chi connectivity index (χ3v) is 5.90. The fourth-order valence-electron chi connectivity index (χ4n) is 4.19. The van der Waals surface area contributed by atoms with E-state index < -0.39 is 17.5 Å². The van der Waals surface area contributed by atoms with Crippen molar-refractivity contribution in [3.63, 3.8) is 0 Å². The molecule has 2 fully saturated rings. The molecule has 1 saturated heterocycles. The van der Waals surface area contributed by atoms with Gasteiger partial charge < -0.3 is 14.6 Å². The SMILES string of the molecule is Cc1ccc(-c2nnco2)cc1NC(=O)CN1C(=O)N(C)C2(CCCCC2)C1=O. The van der Waals surface area contributed by atoms with E-state index in [-0.39, 0.29) is 12.5 Å². The monoisotopic (exact) mass is 397 g/mol. The van der Waals surface area contributed by atoms with Gasteiger partial charge >= 0.3 is 6.03 Å². The Hall–Kier alpha value is -3.23. The number of rotatable bonds is 4. The van der Waals surface area contributed by atoms with Gasteiger partial charge in [-0.1, -0.05) is 25.3 Å². The Kier molecular flexibility index (Phi) is 4.81. The number of hydrogen-bond acceptors (Lipinski definition) is 6. The number of urea groups is 1. The van der Waals surface area contributed by atoms with Gasteiger partial charge in [0.15, 0.2) is 0 Å². The summed E-state index contributed by atoms with van der Waals surface area (Å²) in [4.78, 5) is 40.9. The second-order valence-corrected chi connectivity index (χ2v) is 7.65. The molecule has 1 saturated carbocycles. The van der Waals surface area contributed by atoms with Crippen molar-refractivity contribution in [1.82, 2.24) is 20.0 Å². The van der Waals surface area contributed by atoms with E-state index in [0.717, 1.165) is 29.7 Å². The first-order valence-corrected chi connectivity index (χ1v) is 9.69. The highest BCUT2D eigenvalue weighted by molar-refractivity contribution is 6.10. The van der Waals surface area contributed by atoms with E-state index in [0.29, 0.717) is 30.0 Å². The minimum Gasteiger partial charge on any atom is -0.423 e. The number of anilines is 1. The van der Waals surface area contributed by atoms with Crippen molar-refractivity contribution in [2.75, 3.05) is 18.9 Å². The molecule has 1 N–H and O–H groups in total. The molecule has 0 atom stereocenters. The highest BCUT2D eigenvalue weighted by atomic mass is 16.4. The molecule has 4 rings (SSSR count). The van der Waals surface area contributed by atoms with E-state index in [2.05, 4.69) is 15.5 Å². The summed E-state index contributed by atoms with van der Waals surface area (Å²) in [6, 6.07) is 4.95. The number of aryl methyl sites for hydroxylation is 1. The Morgan fingerprint density at radius 3 is 2.69 bits per heavy atom. The first-order chi connectivity index (χ1) is 13.9. The molecule has 1 aliphatic heterocycles. The number of imide groups is 1. The first kappa shape index (κ1) is 19.1. The second-order valence-electron chi connectivity index (χ2n) is 7.65. The number of hydrogen-bond donors (Lipinski definition) is 1. The lowest BCUT2D eigenvalue weighted by Crippen LogP contribution is -2.49. The molecule has 4 amide bonds. The zero-order chi connectivity index (χ0) is 20.6. The Balaban J connectivity index is 1.50. The van der Waals surface area contributed by atoms with Crippen molar-refractivity contribution >= 4 is 23.5 Å². The van der Waals surface area contributed by atoms with Crippen molar-refractivity contribution in [2.24, 2.45) is 0 Å². The third kappa shape index (κ3) is 3.26. The quantitative estimate of drug-likeness (QED) is 0.795. The molecule has 0 bridgehead atoms. The summed E-state index contributed by atoms with van der Waals surface area (Å²) < 4.78 is 5.19. The molecule has 9 nitrogen and oxygen atoms in total. The summed E-state index contributed by atoms with van der Waals surface area (Å²) in [6.07, 6.45) is 5.41. The van der Waals surface area contributed by atoms with Crippen LogP contribution in [0.2, 0.25) is 0 Å². The zero-order valence-electron chi connectivity index (χ0n) is 16.5. The van der Waals surface area contributed by atoms with Gasteiger partial charge in [0.1, 0.15) is 12.1 Å². The van der Waals surface area contributed by atoms with Gasteiger partial charge in [0.2, 0.25) is 18.2 Å². The molecule has 9 heteroatoms. The third-order valence-electron chi connectivity index (χ3n) is 5.90. The van der Waals surface area contributed by atoms with Crippen LogP contribution >= 0.6 is 0 Å². The highest BCUT2D eigenvalue weighted by Gasteiger charge is 2.55. The van der Waals surface area contributed by atoms with Crippen LogP contribution in [0.1, 0.15) is 37.7 Å². The van der Waals surface area contributed by atoms with E-state index >= 15 is 0 Å². The van der Waals surface area contributed by atoms with Crippen LogP contribution in [-0.2, 0) is 9.59 Å². The van der Waals surface area contributed by atoms with Crippen LogP contribution in [0.4, 0.5) is 10.5 Å². The predicted octanol–water partition coefficient (Wildman–Crippen LogP) is 2.58. The van der Waals surface area contributed by atoms with Gasteiger partial charge in [-0.05, 0) is 37.5 Å². The molecule has 1 aromatic heterocycles. The predicted molar refractivity (Wildman–Crippen MR) is 104 cm³/mol. The van der Waals surface area contributed by atoms with E-state index in [1.54, 1.807) is 13.1 Å². The molecule has 2 aromatic rings. The fraction of sp³-hybridized carbons (Fsp3) is 0.450. The summed E-state index contributed by atoms with van der Waals surface area (Å²) in [5.41, 5.74) is 1.27. The van der Waals surface area contributed by atoms with E-state index in [4.69, 9.17) is 4.42 Å². The van der Waals surface area contributed by atoms with Crippen molar-refractivity contribution in [2.45, 2.75) is 44.6 Å². The number of carbonyl (C=O) groups excluding carboxylic acids is 3. The molecule has 0 radical (unpaired) electrons. The van der Waals surface area contributed by atoms with Gasteiger partial charge in [0.25, 0.3) is 5.91 Å². The summed E-state index contributed by atoms with van der Waals surface area (Å²) in [6.45, 7) is 1.54. The summed E-state index contributed by atoms with van der Waals surface area (Å²) in [5.74, 6) is -0.360. The number of nitrogens with zero attached hydrogens (tertiary/aromatic N) is 4. The van der Waals surface area contributed by atoms with Crippen LogP contribution in [0.5, 0.6) is 0 Å². The average Bonchev–Trinajstić information content (AvgIpc) is 3.31. The van der Waals surface area contributed by atoms with E-state index in [1.165, 1.54) is 11.3 Å². The molecule has 0 unspecified atom stereocenters. The minimum absolute atomic E-state index is 0.267. The molecule has 1 aliphatic carbocycles. The van der Waals surface area contributed by atoms with Gasteiger partial charge in [-0.25, -0.2) is 4.79 Å². The smallest absolute Gasteiger partial charge is 0.327 e. The van der Waals surface area contributed by atoms with Crippen molar-refractivity contribution in [3.05, 3.63) is 30.2 Å². The summed E-state index contributed by atoms with van der Waals surface area (Å²) >= 11 is 0. The number of aromatic nitrogens is 2. The molecule has 29 heavy (non-hydrogen) atoms. The molecular weight excluding hydrogens is 374 g/mol. The van der Waals surface area contributed by atoms with E-state index in [1.807, 2.05) is 19.1 Å². The van der Waals surface area contributed by atoms with Crippen LogP contribution in [0.25, 0.3) is 11.5 Å². The van der Waals surface area contributed by atoms with Crippen molar-refractivity contribution in [1.29, 1.82) is 0 Å². The number of nitrogens with one attached hydrogen (secondary N) is 1. The lowest BCUT2D eigenvalue weighted by Gasteiger charge is -2.35. The largest absolute Gasteiger partial charge is 0.423 e. The number of carbonyl (C=O) groups is 3. The fourth-order valence-corrected chi connectivity index (χ4v) is 4.19. The van der Waals surface area contributed by atoms with E-state index in [9.17, 15) is 14.4 Å². The maximum absolute atomic E-state index is 13.0. The number of benzene rings is 1. The second kappa shape index (κ2) is 7.31. The van der Waals surface area contributed by atoms with Crippen LogP contribution < -0.4 is 5.32 Å². The first-order valence-electron chi connectivity index (χ1n) is 9.69. The van der Waals surface area contributed by atoms with Crippen molar-refractivity contribution in [3.8, 4) is 11.5 Å². The number of likely N-dealkylation sites (N-methyl/N-ethyl adjacent to an activating group) is 1. The maximum Gasteiger partial charge on any atom is 0.327 e. The molecule has 152 valence electrons. The topological polar surface area (TPSA) is 109 Å². The van der Waals surface area contributed by atoms with Crippen LogP contribution in [0, 0.1) is 6.92 Å². The normalized spacial score (nSPS) is 18.6. The highest BCUT2D eigenvalue weighted by Crippen LogP contribution is 2.39. The van der Waals surface area contributed by atoms with Gasteiger partial charge in [0, 0.05) is 18.3 Å². The van der Waals surface area contributed by atoms with Crippen LogP contribution in [-0.4, -0.2) is 57.0 Å². The molecule has 1 spiro atoms. The van der Waals surface area contributed by atoms with Gasteiger partial charge in [-0.3, -0.25) is 14.5 Å². The molecule has 1 aromatic carbocycles. The molecule has 2 aliphatic rings. The van der Waals surface area contributed by atoms with Crippen molar-refractivity contribution < 1.29 is 18.8 Å². The standard InChI is InChI=1S/C20H23N5O4/c1-13-6-7-14(17-23-21-12-29-17)10-15(13)22-16(26)11-25-18(27)20(24(2)19(25)28)8-4-3-5-9-20/h6-7,10,12H,3-5,8-9,11H2,1-2H3,(H,22,26). The zero-order valence-corrected chi connectivity index (χ0v) is 16.5. The maximum atomic E-state index is 13.0. The summed E-state index contributed by atoms with van der Waals surface area (Å²) in [7, 11) is 1.65. The average molecular weight is 397 g/mol. The lowest BCUT2D eigenvalue weighted by molar-refractivity contribution is -0.136. The number of amides is 4.